The van der Waals surface area contributed by atoms with E-state index < -0.39 is 11.9 Å². The van der Waals surface area contributed by atoms with Crippen LogP contribution in [0.2, 0.25) is 0 Å². The number of rotatable bonds is 2. The third-order valence-electron chi connectivity index (χ3n) is 4.54. The number of alkyl halides is 3. The van der Waals surface area contributed by atoms with E-state index in [2.05, 4.69) is 15.0 Å². The molecule has 0 aliphatic carbocycles. The van der Waals surface area contributed by atoms with Gasteiger partial charge >= 0.3 is 11.0 Å². The van der Waals surface area contributed by atoms with Gasteiger partial charge < -0.3 is 4.98 Å². The lowest BCUT2D eigenvalue weighted by molar-refractivity contribution is -0.141. The van der Waals surface area contributed by atoms with Crippen molar-refractivity contribution in [2.75, 3.05) is 0 Å². The number of halogens is 3. The van der Waals surface area contributed by atoms with E-state index >= 15 is 0 Å². The summed E-state index contributed by atoms with van der Waals surface area (Å²) in [7, 11) is 0. The monoisotopic (exact) mass is 412 g/mol. The fourth-order valence-electron chi connectivity index (χ4n) is 3.27. The molecular weight excluding hydrogens is 401 g/mol. The Balaban J connectivity index is 1.85. The molecule has 5 nitrogen and oxygen atoms in total. The molecular formula is C20H11F3N4OS. The summed E-state index contributed by atoms with van der Waals surface area (Å²) in [6.45, 7) is 0. The van der Waals surface area contributed by atoms with Crippen LogP contribution in [-0.4, -0.2) is 19.4 Å². The van der Waals surface area contributed by atoms with E-state index in [4.69, 9.17) is 0 Å². The first-order chi connectivity index (χ1) is 13.9. The average molecular weight is 412 g/mol. The van der Waals surface area contributed by atoms with Gasteiger partial charge in [-0.25, -0.2) is 9.97 Å². The van der Waals surface area contributed by atoms with Crippen molar-refractivity contribution in [2.24, 2.45) is 0 Å². The van der Waals surface area contributed by atoms with E-state index in [1.807, 2.05) is 30.3 Å². The lowest BCUT2D eigenvalue weighted by Crippen LogP contribution is -2.09. The molecule has 3 heterocycles. The quantitative estimate of drug-likeness (QED) is 0.445. The third kappa shape index (κ3) is 2.99. The standard InChI is InChI=1S/C20H11F3N4OS/c21-20(22,23)15-10-27-16(9-24-15)26-17(11-4-2-1-3-5-11)18(27)12-6-7-13-14(8-12)29-19(28)25-13/h1-10H,(H,25,28). The van der Waals surface area contributed by atoms with Crippen LogP contribution in [-0.2, 0) is 6.18 Å². The van der Waals surface area contributed by atoms with Gasteiger partial charge in [0.1, 0.15) is 0 Å². The van der Waals surface area contributed by atoms with Gasteiger partial charge in [0.15, 0.2) is 11.3 Å². The fourth-order valence-corrected chi connectivity index (χ4v) is 4.04. The van der Waals surface area contributed by atoms with E-state index in [1.54, 1.807) is 18.2 Å². The smallest absolute Gasteiger partial charge is 0.312 e. The zero-order chi connectivity index (χ0) is 20.2. The van der Waals surface area contributed by atoms with Gasteiger partial charge in [-0.3, -0.25) is 9.20 Å². The molecule has 0 unspecified atom stereocenters. The Hall–Kier alpha value is -3.46. The molecule has 29 heavy (non-hydrogen) atoms. The first-order valence-corrected chi connectivity index (χ1v) is 9.36. The largest absolute Gasteiger partial charge is 0.434 e. The SMILES string of the molecule is O=c1[nH]c2ccc(-c3c(-c4ccccc4)nc4cnc(C(F)(F)F)cn34)cc2s1. The number of benzene rings is 2. The van der Waals surface area contributed by atoms with E-state index in [0.717, 1.165) is 29.3 Å². The van der Waals surface area contributed by atoms with Crippen molar-refractivity contribution >= 4 is 27.2 Å². The second-order valence-corrected chi connectivity index (χ2v) is 7.41. The lowest BCUT2D eigenvalue weighted by Gasteiger charge is -2.09. The van der Waals surface area contributed by atoms with E-state index in [1.165, 1.54) is 4.40 Å². The summed E-state index contributed by atoms with van der Waals surface area (Å²) in [6.07, 6.45) is -2.51. The van der Waals surface area contributed by atoms with Gasteiger partial charge in [0, 0.05) is 17.3 Å². The molecule has 5 aromatic rings. The summed E-state index contributed by atoms with van der Waals surface area (Å²) in [5.74, 6) is 0. The molecule has 0 bridgehead atoms. The average Bonchev–Trinajstić information content (AvgIpc) is 3.26. The zero-order valence-electron chi connectivity index (χ0n) is 14.6. The van der Waals surface area contributed by atoms with Crippen LogP contribution in [0.5, 0.6) is 0 Å². The second-order valence-electron chi connectivity index (χ2n) is 6.40. The highest BCUT2D eigenvalue weighted by Crippen LogP contribution is 2.36. The number of thiazole rings is 1. The number of fused-ring (bicyclic) bond motifs is 2. The zero-order valence-corrected chi connectivity index (χ0v) is 15.4. The van der Waals surface area contributed by atoms with Crippen molar-refractivity contribution in [2.45, 2.75) is 6.18 Å². The highest BCUT2D eigenvalue weighted by molar-refractivity contribution is 7.16. The molecule has 0 spiro atoms. The Kier molecular flexibility index (Phi) is 3.82. The predicted octanol–water partition coefficient (Wildman–Crippen LogP) is 4.99. The minimum atomic E-state index is -4.58. The molecule has 0 saturated carbocycles. The van der Waals surface area contributed by atoms with E-state index in [-0.39, 0.29) is 4.87 Å². The summed E-state index contributed by atoms with van der Waals surface area (Å²) in [5.41, 5.74) is 2.43. The maximum atomic E-state index is 13.3. The van der Waals surface area contributed by atoms with Gasteiger partial charge in [-0.2, -0.15) is 13.2 Å². The summed E-state index contributed by atoms with van der Waals surface area (Å²) < 4.78 is 41.9. The van der Waals surface area contributed by atoms with Gasteiger partial charge in [-0.15, -0.1) is 0 Å². The first kappa shape index (κ1) is 17.6. The normalized spacial score (nSPS) is 12.1. The Bertz CT molecular complexity index is 1420. The van der Waals surface area contributed by atoms with Crippen molar-refractivity contribution in [3.05, 3.63) is 76.3 Å². The lowest BCUT2D eigenvalue weighted by atomic mass is 10.0. The fraction of sp³-hybridized carbons (Fsp3) is 0.0500. The predicted molar refractivity (Wildman–Crippen MR) is 105 cm³/mol. The molecule has 0 radical (unpaired) electrons. The molecule has 9 heteroatoms. The molecule has 0 saturated heterocycles. The van der Waals surface area contributed by atoms with Crippen LogP contribution < -0.4 is 4.87 Å². The maximum absolute atomic E-state index is 13.3. The number of hydrogen-bond donors (Lipinski definition) is 1. The third-order valence-corrected chi connectivity index (χ3v) is 5.39. The highest BCUT2D eigenvalue weighted by Gasteiger charge is 2.33. The molecule has 5 rings (SSSR count). The van der Waals surface area contributed by atoms with Crippen LogP contribution in [0.15, 0.2) is 65.7 Å². The number of imidazole rings is 1. The molecule has 0 aliphatic heterocycles. The second kappa shape index (κ2) is 6.28. The number of H-pyrrole nitrogens is 1. The van der Waals surface area contributed by atoms with Crippen LogP contribution >= 0.6 is 11.3 Å². The summed E-state index contributed by atoms with van der Waals surface area (Å²) in [6, 6.07) is 14.5. The van der Waals surface area contributed by atoms with Gasteiger partial charge in [0.25, 0.3) is 0 Å². The number of aromatic amines is 1. The topological polar surface area (TPSA) is 63.0 Å². The molecule has 2 aromatic carbocycles. The molecule has 1 N–H and O–H groups in total. The summed E-state index contributed by atoms with van der Waals surface area (Å²) in [4.78, 5) is 22.2. The van der Waals surface area contributed by atoms with E-state index in [9.17, 15) is 18.0 Å². The molecule has 0 fully saturated rings. The van der Waals surface area contributed by atoms with Gasteiger partial charge in [-0.05, 0) is 12.1 Å². The van der Waals surface area contributed by atoms with Crippen molar-refractivity contribution in [3.63, 3.8) is 0 Å². The Labute approximate surface area is 165 Å². The number of hydrogen-bond acceptors (Lipinski definition) is 4. The van der Waals surface area contributed by atoms with E-state index in [0.29, 0.717) is 32.8 Å². The van der Waals surface area contributed by atoms with Crippen LogP contribution in [0, 0.1) is 0 Å². The molecule has 144 valence electrons. The Morgan fingerprint density at radius 2 is 1.83 bits per heavy atom. The van der Waals surface area contributed by atoms with Crippen molar-refractivity contribution in [1.29, 1.82) is 0 Å². The molecule has 0 atom stereocenters. The number of nitrogens with zero attached hydrogens (tertiary/aromatic N) is 3. The Morgan fingerprint density at radius 1 is 1.03 bits per heavy atom. The summed E-state index contributed by atoms with van der Waals surface area (Å²) in [5, 5.41) is 0. The van der Waals surface area contributed by atoms with Gasteiger partial charge in [0.05, 0.1) is 27.8 Å². The first-order valence-electron chi connectivity index (χ1n) is 8.54. The van der Waals surface area contributed by atoms with Crippen LogP contribution in [0.3, 0.4) is 0 Å². The minimum absolute atomic E-state index is 0.192. The van der Waals surface area contributed by atoms with Gasteiger partial charge in [-0.1, -0.05) is 47.7 Å². The maximum Gasteiger partial charge on any atom is 0.434 e. The van der Waals surface area contributed by atoms with Crippen molar-refractivity contribution < 1.29 is 13.2 Å². The Morgan fingerprint density at radius 3 is 2.59 bits per heavy atom. The minimum Gasteiger partial charge on any atom is -0.312 e. The molecule has 3 aromatic heterocycles. The highest BCUT2D eigenvalue weighted by atomic mass is 32.1. The van der Waals surface area contributed by atoms with Crippen LogP contribution in [0.4, 0.5) is 13.2 Å². The number of aromatic nitrogens is 4. The summed E-state index contributed by atoms with van der Waals surface area (Å²) >= 11 is 1.04. The molecule has 0 amide bonds. The number of nitrogens with one attached hydrogen (secondary N) is 1. The molecule has 0 aliphatic rings. The van der Waals surface area contributed by atoms with Gasteiger partial charge in [0.2, 0.25) is 0 Å². The van der Waals surface area contributed by atoms with Crippen molar-refractivity contribution in [1.82, 2.24) is 19.4 Å². The van der Waals surface area contributed by atoms with Crippen LogP contribution in [0.25, 0.3) is 38.4 Å². The van der Waals surface area contributed by atoms with Crippen molar-refractivity contribution in [3.8, 4) is 22.5 Å². The van der Waals surface area contributed by atoms with Crippen LogP contribution in [0.1, 0.15) is 5.69 Å².